The van der Waals surface area contributed by atoms with Gasteiger partial charge >= 0.3 is 12.1 Å². The lowest BCUT2D eigenvalue weighted by molar-refractivity contribution is -0.137. The molecule has 1 fully saturated rings. The van der Waals surface area contributed by atoms with Crippen LogP contribution in [0.4, 0.5) is 18.9 Å². The fraction of sp³-hybridized carbons (Fsp3) is 0.324. The molecule has 5 aromatic rings. The van der Waals surface area contributed by atoms with Crippen LogP contribution in [-0.4, -0.2) is 70.3 Å². The Balaban J connectivity index is 1.39. The second-order valence-electron chi connectivity index (χ2n) is 11.9. The second-order valence-corrected chi connectivity index (χ2v) is 13.5. The molecule has 1 saturated heterocycles. The summed E-state index contributed by atoms with van der Waals surface area (Å²) in [7, 11) is 1.87. The number of carboxylic acids is 1. The van der Waals surface area contributed by atoms with Crippen LogP contribution in [0.1, 0.15) is 37.9 Å². The first-order valence-corrected chi connectivity index (χ1v) is 16.4. The largest absolute Gasteiger partial charge is 0.491 e. The first-order valence-electron chi connectivity index (χ1n) is 15.2. The maximum absolute atomic E-state index is 14.4. The number of alkyl halides is 3. The number of ether oxygens (including phenoxy) is 1. The summed E-state index contributed by atoms with van der Waals surface area (Å²) in [5, 5.41) is 20.3. The summed E-state index contributed by atoms with van der Waals surface area (Å²) >= 11 is 7.69. The lowest BCUT2D eigenvalue weighted by Crippen LogP contribution is -2.45. The maximum Gasteiger partial charge on any atom is 0.418 e. The number of thiophene rings is 1. The number of nitrogens with zero attached hydrogens (tertiary/aromatic N) is 6. The number of aromatic carboxylic acids is 1. The van der Waals surface area contributed by atoms with E-state index in [2.05, 4.69) is 9.97 Å². The van der Waals surface area contributed by atoms with Gasteiger partial charge < -0.3 is 19.6 Å². The van der Waals surface area contributed by atoms with Crippen molar-refractivity contribution in [2.75, 3.05) is 44.7 Å². The highest BCUT2D eigenvalue weighted by atomic mass is 35.5. The van der Waals surface area contributed by atoms with Crippen molar-refractivity contribution in [3.05, 3.63) is 78.8 Å². The Kier molecular flexibility index (Phi) is 9.04. The molecule has 6 rings (SSSR count). The van der Waals surface area contributed by atoms with Crippen LogP contribution in [0.25, 0.3) is 32.2 Å². The molecule has 0 saturated carbocycles. The number of carboxylic acid groups (broad SMARTS) is 1. The summed E-state index contributed by atoms with van der Waals surface area (Å²) in [6, 6.07) is 9.59. The lowest BCUT2D eigenvalue weighted by atomic mass is 10.00. The SMILES string of the molecule is Cc1cc(-c2cc(Cl)ccc2OCCn2c(C)nc3cc(C(F)(F)F)c(N4CCN(C)CC4)c(C#N)c3c2=O)c2sc(C)c(C(=O)O)c2n1. The zero-order chi connectivity index (χ0) is 35.4. The molecule has 0 atom stereocenters. The average Bonchev–Trinajstić information content (AvgIpc) is 3.37. The van der Waals surface area contributed by atoms with E-state index in [-0.39, 0.29) is 59.8 Å². The maximum atomic E-state index is 14.4. The number of rotatable bonds is 7. The highest BCUT2D eigenvalue weighted by molar-refractivity contribution is 7.20. The minimum Gasteiger partial charge on any atom is -0.491 e. The molecule has 0 spiro atoms. The third-order valence-electron chi connectivity index (χ3n) is 8.61. The topological polar surface area (TPSA) is 125 Å². The van der Waals surface area contributed by atoms with Crippen LogP contribution in [0.5, 0.6) is 5.75 Å². The number of piperazine rings is 1. The fourth-order valence-corrected chi connectivity index (χ4v) is 7.56. The van der Waals surface area contributed by atoms with E-state index in [4.69, 9.17) is 16.3 Å². The molecule has 4 heterocycles. The molecule has 3 aromatic heterocycles. The molecule has 0 amide bonds. The summed E-state index contributed by atoms with van der Waals surface area (Å²) in [4.78, 5) is 38.9. The zero-order valence-corrected chi connectivity index (χ0v) is 28.5. The molecule has 49 heavy (non-hydrogen) atoms. The van der Waals surface area contributed by atoms with E-state index in [0.717, 1.165) is 6.07 Å². The van der Waals surface area contributed by atoms with Gasteiger partial charge in [-0.3, -0.25) is 14.3 Å². The number of benzene rings is 2. The first-order chi connectivity index (χ1) is 23.2. The highest BCUT2D eigenvalue weighted by Crippen LogP contribution is 2.43. The molecule has 10 nitrogen and oxygen atoms in total. The van der Waals surface area contributed by atoms with Crippen LogP contribution in [-0.2, 0) is 12.7 Å². The standard InChI is InChI=1S/C34H30ClF3N6O4S/c1-17-13-22(31-29(40-17)27(33(46)47)18(2)49-31)21-14-20(35)5-6-26(21)48-12-11-44-19(3)41-25-15-24(34(36,37)38)30(23(16-39)28(25)32(44)45)43-9-7-42(4)8-10-43/h5-6,13-15H,7-12H2,1-4H3,(H,46,47). The van der Waals surface area contributed by atoms with E-state index in [1.807, 2.05) is 24.1 Å². The van der Waals surface area contributed by atoms with Gasteiger partial charge in [0.25, 0.3) is 5.56 Å². The molecule has 0 radical (unpaired) electrons. The molecule has 1 aliphatic rings. The van der Waals surface area contributed by atoms with Crippen LogP contribution in [0.2, 0.25) is 5.02 Å². The average molecular weight is 711 g/mol. The summed E-state index contributed by atoms with van der Waals surface area (Å²) in [5.41, 5.74) is -0.165. The Hall–Kier alpha value is -4.71. The van der Waals surface area contributed by atoms with E-state index in [1.54, 1.807) is 32.0 Å². The third kappa shape index (κ3) is 6.29. The van der Waals surface area contributed by atoms with Crippen LogP contribution in [0.15, 0.2) is 35.1 Å². The number of carbonyl (C=O) groups is 1. The van der Waals surface area contributed by atoms with Crippen molar-refractivity contribution in [3.8, 4) is 22.9 Å². The third-order valence-corrected chi connectivity index (χ3v) is 9.97. The number of likely N-dealkylation sites (N-methyl/N-ethyl adjacent to an activating group) is 1. The Bertz CT molecular complexity index is 2250. The Labute approximate surface area is 287 Å². The number of aromatic nitrogens is 3. The smallest absolute Gasteiger partial charge is 0.418 e. The molecule has 15 heteroatoms. The highest BCUT2D eigenvalue weighted by Gasteiger charge is 2.39. The van der Waals surface area contributed by atoms with Crippen molar-refractivity contribution in [3.63, 3.8) is 0 Å². The number of aryl methyl sites for hydroxylation is 3. The summed E-state index contributed by atoms with van der Waals surface area (Å²) in [6.07, 6.45) is -4.77. The van der Waals surface area contributed by atoms with Gasteiger partial charge in [0, 0.05) is 52.9 Å². The van der Waals surface area contributed by atoms with Crippen molar-refractivity contribution in [2.24, 2.45) is 0 Å². The van der Waals surface area contributed by atoms with Crippen LogP contribution >= 0.6 is 22.9 Å². The van der Waals surface area contributed by atoms with Crippen molar-refractivity contribution < 1.29 is 27.8 Å². The number of nitriles is 1. The molecule has 2 aromatic carbocycles. The van der Waals surface area contributed by atoms with Gasteiger partial charge in [0.15, 0.2) is 0 Å². The van der Waals surface area contributed by atoms with Crippen molar-refractivity contribution in [1.29, 1.82) is 5.26 Å². The van der Waals surface area contributed by atoms with Crippen molar-refractivity contribution in [2.45, 2.75) is 33.5 Å². The minimum absolute atomic E-state index is 0.0303. The first kappa shape index (κ1) is 34.2. The zero-order valence-electron chi connectivity index (χ0n) is 26.9. The van der Waals surface area contributed by atoms with Crippen molar-refractivity contribution in [1.82, 2.24) is 19.4 Å². The van der Waals surface area contributed by atoms with Crippen LogP contribution in [0, 0.1) is 32.1 Å². The number of pyridine rings is 1. The van der Waals surface area contributed by atoms with Gasteiger partial charge in [0.1, 0.15) is 24.3 Å². The minimum atomic E-state index is -4.77. The van der Waals surface area contributed by atoms with Gasteiger partial charge in [-0.15, -0.1) is 11.3 Å². The predicted molar refractivity (Wildman–Crippen MR) is 182 cm³/mol. The number of halogens is 4. The predicted octanol–water partition coefficient (Wildman–Crippen LogP) is 6.67. The Morgan fingerprint density at radius 3 is 2.47 bits per heavy atom. The molecule has 254 valence electrons. The van der Waals surface area contributed by atoms with Gasteiger partial charge in [-0.2, -0.15) is 18.4 Å². The van der Waals surface area contributed by atoms with E-state index in [1.165, 1.54) is 27.7 Å². The normalized spacial score (nSPS) is 14.1. The van der Waals surface area contributed by atoms with Gasteiger partial charge in [-0.1, -0.05) is 11.6 Å². The monoisotopic (exact) mass is 710 g/mol. The molecule has 1 N–H and O–H groups in total. The quantitative estimate of drug-likeness (QED) is 0.197. The summed E-state index contributed by atoms with van der Waals surface area (Å²) < 4.78 is 51.2. The fourth-order valence-electron chi connectivity index (χ4n) is 6.27. The van der Waals surface area contributed by atoms with Crippen LogP contribution in [0.3, 0.4) is 0 Å². The number of anilines is 1. The summed E-state index contributed by atoms with van der Waals surface area (Å²) in [6.45, 7) is 6.43. The van der Waals surface area contributed by atoms with Gasteiger partial charge in [-0.05, 0) is 58.2 Å². The van der Waals surface area contributed by atoms with Gasteiger partial charge in [0.2, 0.25) is 0 Å². The lowest BCUT2D eigenvalue weighted by Gasteiger charge is -2.36. The molecule has 0 aliphatic carbocycles. The van der Waals surface area contributed by atoms with E-state index in [9.17, 15) is 33.1 Å². The molecular weight excluding hydrogens is 681 g/mol. The number of fused-ring (bicyclic) bond motifs is 2. The molecular formula is C34H30ClF3N6O4S. The van der Waals surface area contributed by atoms with Gasteiger partial charge in [-0.25, -0.2) is 9.78 Å². The molecule has 1 aliphatic heterocycles. The van der Waals surface area contributed by atoms with Gasteiger partial charge in [0.05, 0.1) is 50.0 Å². The second kappa shape index (κ2) is 13.0. The molecule has 0 bridgehead atoms. The van der Waals surface area contributed by atoms with E-state index < -0.39 is 23.3 Å². The van der Waals surface area contributed by atoms with E-state index >= 15 is 0 Å². The number of hydrogen-bond donors (Lipinski definition) is 1. The van der Waals surface area contributed by atoms with Crippen molar-refractivity contribution >= 4 is 55.7 Å². The Morgan fingerprint density at radius 2 is 1.82 bits per heavy atom. The number of hydrogen-bond acceptors (Lipinski definition) is 9. The Morgan fingerprint density at radius 1 is 1.10 bits per heavy atom. The van der Waals surface area contributed by atoms with E-state index in [0.29, 0.717) is 55.8 Å². The van der Waals surface area contributed by atoms with Crippen LogP contribution < -0.4 is 15.2 Å². The molecule has 0 unspecified atom stereocenters. The summed E-state index contributed by atoms with van der Waals surface area (Å²) in [5.74, 6) is -0.517.